The van der Waals surface area contributed by atoms with E-state index in [-0.39, 0.29) is 11.4 Å². The Morgan fingerprint density at radius 1 is 1.44 bits per heavy atom. The van der Waals surface area contributed by atoms with Crippen LogP contribution in [0.15, 0.2) is 18.2 Å². The molecule has 5 nitrogen and oxygen atoms in total. The molecule has 0 saturated heterocycles. The summed E-state index contributed by atoms with van der Waals surface area (Å²) < 4.78 is 5.02. The van der Waals surface area contributed by atoms with Crippen LogP contribution in [-0.2, 0) is 5.54 Å². The number of nitro groups is 1. The first kappa shape index (κ1) is 12.4. The van der Waals surface area contributed by atoms with Crippen molar-refractivity contribution in [2.24, 2.45) is 0 Å². The van der Waals surface area contributed by atoms with Gasteiger partial charge in [-0.3, -0.25) is 10.1 Å². The molecule has 0 amide bonds. The second-order valence-corrected chi connectivity index (χ2v) is 3.99. The second kappa shape index (κ2) is 4.49. The van der Waals surface area contributed by atoms with Gasteiger partial charge in [0.2, 0.25) is 0 Å². The number of para-hydroxylation sites is 1. The molecular formula is C11H16N2O3. The van der Waals surface area contributed by atoms with Crippen LogP contribution in [0.2, 0.25) is 0 Å². The summed E-state index contributed by atoms with van der Waals surface area (Å²) in [5, 5.41) is 14.1. The molecule has 1 aromatic rings. The van der Waals surface area contributed by atoms with Crippen molar-refractivity contribution in [3.8, 4) is 5.75 Å². The average molecular weight is 224 g/mol. The van der Waals surface area contributed by atoms with Gasteiger partial charge in [-0.2, -0.15) is 0 Å². The Kier molecular flexibility index (Phi) is 3.49. The van der Waals surface area contributed by atoms with E-state index in [1.54, 1.807) is 25.2 Å². The Balaban J connectivity index is 3.45. The van der Waals surface area contributed by atoms with Crippen LogP contribution in [0.3, 0.4) is 0 Å². The van der Waals surface area contributed by atoms with Gasteiger partial charge in [0, 0.05) is 5.54 Å². The third-order valence-electron chi connectivity index (χ3n) is 2.70. The number of hydrogen-bond donors (Lipinski definition) is 1. The zero-order chi connectivity index (χ0) is 12.3. The minimum Gasteiger partial charge on any atom is -0.490 e. The normalized spacial score (nSPS) is 11.2. The molecule has 0 heterocycles. The van der Waals surface area contributed by atoms with E-state index in [4.69, 9.17) is 4.74 Å². The Morgan fingerprint density at radius 3 is 2.50 bits per heavy atom. The molecule has 0 spiro atoms. The summed E-state index contributed by atoms with van der Waals surface area (Å²) in [5.41, 5.74) is 0.153. The molecule has 1 N–H and O–H groups in total. The summed E-state index contributed by atoms with van der Waals surface area (Å²) in [6.45, 7) is 3.77. The second-order valence-electron chi connectivity index (χ2n) is 3.99. The van der Waals surface area contributed by atoms with Crippen molar-refractivity contribution < 1.29 is 9.66 Å². The molecule has 0 saturated carbocycles. The minimum atomic E-state index is -0.475. The summed E-state index contributed by atoms with van der Waals surface area (Å²) in [4.78, 5) is 10.7. The number of nitrogens with one attached hydrogen (secondary N) is 1. The first-order valence-electron chi connectivity index (χ1n) is 4.95. The van der Waals surface area contributed by atoms with Crippen molar-refractivity contribution in [1.82, 2.24) is 5.32 Å². The zero-order valence-corrected chi connectivity index (χ0v) is 9.90. The number of hydrogen-bond acceptors (Lipinski definition) is 4. The maximum atomic E-state index is 11.1. The third kappa shape index (κ3) is 2.14. The van der Waals surface area contributed by atoms with E-state index in [1.807, 2.05) is 13.8 Å². The fourth-order valence-corrected chi connectivity index (χ4v) is 1.51. The van der Waals surface area contributed by atoms with Crippen molar-refractivity contribution in [2.75, 3.05) is 14.2 Å². The van der Waals surface area contributed by atoms with Crippen LogP contribution in [0.1, 0.15) is 19.4 Å². The van der Waals surface area contributed by atoms with Crippen LogP contribution in [0.25, 0.3) is 0 Å². The lowest BCUT2D eigenvalue weighted by Crippen LogP contribution is -2.33. The highest BCUT2D eigenvalue weighted by Gasteiger charge is 2.30. The van der Waals surface area contributed by atoms with Crippen molar-refractivity contribution >= 4 is 5.69 Å². The molecule has 0 atom stereocenters. The van der Waals surface area contributed by atoms with Crippen LogP contribution in [0.4, 0.5) is 5.69 Å². The Labute approximate surface area is 94.6 Å². The summed E-state index contributed by atoms with van der Waals surface area (Å²) in [5.74, 6) is 0.283. The molecule has 0 aliphatic rings. The fraction of sp³-hybridized carbons (Fsp3) is 0.455. The quantitative estimate of drug-likeness (QED) is 0.628. The molecular weight excluding hydrogens is 208 g/mol. The zero-order valence-electron chi connectivity index (χ0n) is 9.90. The highest BCUT2D eigenvalue weighted by molar-refractivity contribution is 5.55. The summed E-state index contributed by atoms with van der Waals surface area (Å²) >= 11 is 0. The van der Waals surface area contributed by atoms with Crippen LogP contribution >= 0.6 is 0 Å². The number of rotatable bonds is 4. The van der Waals surface area contributed by atoms with Gasteiger partial charge in [0.05, 0.1) is 17.6 Å². The molecule has 1 rings (SSSR count). The van der Waals surface area contributed by atoms with Crippen LogP contribution in [0.5, 0.6) is 5.75 Å². The van der Waals surface area contributed by atoms with E-state index in [9.17, 15) is 10.1 Å². The number of benzene rings is 1. The average Bonchev–Trinajstić information content (AvgIpc) is 2.27. The summed E-state index contributed by atoms with van der Waals surface area (Å²) in [6, 6.07) is 5.07. The molecule has 16 heavy (non-hydrogen) atoms. The van der Waals surface area contributed by atoms with E-state index in [0.717, 1.165) is 0 Å². The highest BCUT2D eigenvalue weighted by Crippen LogP contribution is 2.36. The first-order chi connectivity index (χ1) is 7.44. The van der Waals surface area contributed by atoms with Crippen molar-refractivity contribution in [1.29, 1.82) is 0 Å². The van der Waals surface area contributed by atoms with E-state index in [0.29, 0.717) is 5.56 Å². The van der Waals surface area contributed by atoms with Crippen molar-refractivity contribution in [2.45, 2.75) is 19.4 Å². The molecule has 0 radical (unpaired) electrons. The standard InChI is InChI=1S/C11H16N2O3/c1-11(2,12-3)8-6-5-7-9(16-4)10(8)13(14)15/h5-7,12H,1-4H3. The molecule has 5 heteroatoms. The van der Waals surface area contributed by atoms with Crippen LogP contribution in [0, 0.1) is 10.1 Å². The van der Waals surface area contributed by atoms with Gasteiger partial charge in [0.15, 0.2) is 5.75 Å². The lowest BCUT2D eigenvalue weighted by Gasteiger charge is -2.24. The Hall–Kier alpha value is -1.62. The predicted octanol–water partition coefficient (Wildman–Crippen LogP) is 2.06. The van der Waals surface area contributed by atoms with Crippen molar-refractivity contribution in [3.05, 3.63) is 33.9 Å². The molecule has 0 bridgehead atoms. The van der Waals surface area contributed by atoms with Crippen LogP contribution < -0.4 is 10.1 Å². The maximum Gasteiger partial charge on any atom is 0.315 e. The number of ether oxygens (including phenoxy) is 1. The van der Waals surface area contributed by atoms with Gasteiger partial charge < -0.3 is 10.1 Å². The molecule has 0 aliphatic carbocycles. The van der Waals surface area contributed by atoms with Crippen LogP contribution in [-0.4, -0.2) is 19.1 Å². The summed E-state index contributed by atoms with van der Waals surface area (Å²) in [6.07, 6.45) is 0. The molecule has 88 valence electrons. The van der Waals surface area contributed by atoms with Gasteiger partial charge in [-0.1, -0.05) is 12.1 Å². The predicted molar refractivity (Wildman–Crippen MR) is 61.7 cm³/mol. The van der Waals surface area contributed by atoms with Gasteiger partial charge in [0.1, 0.15) is 0 Å². The molecule has 0 aromatic heterocycles. The minimum absolute atomic E-state index is 0.0179. The van der Waals surface area contributed by atoms with Crippen molar-refractivity contribution in [3.63, 3.8) is 0 Å². The highest BCUT2D eigenvalue weighted by atomic mass is 16.6. The van der Waals surface area contributed by atoms with Gasteiger partial charge in [0.25, 0.3) is 0 Å². The van der Waals surface area contributed by atoms with Gasteiger partial charge >= 0.3 is 5.69 Å². The van der Waals surface area contributed by atoms with E-state index < -0.39 is 10.5 Å². The van der Waals surface area contributed by atoms with E-state index >= 15 is 0 Å². The van der Waals surface area contributed by atoms with E-state index in [2.05, 4.69) is 5.32 Å². The van der Waals surface area contributed by atoms with Gasteiger partial charge in [-0.25, -0.2) is 0 Å². The molecule has 0 fully saturated rings. The molecule has 1 aromatic carbocycles. The summed E-state index contributed by atoms with van der Waals surface area (Å²) in [7, 11) is 3.20. The fourth-order valence-electron chi connectivity index (χ4n) is 1.51. The first-order valence-corrected chi connectivity index (χ1v) is 4.95. The molecule has 0 aliphatic heterocycles. The SMILES string of the molecule is CNC(C)(C)c1cccc(OC)c1[N+](=O)[O-]. The lowest BCUT2D eigenvalue weighted by molar-refractivity contribution is -0.387. The Morgan fingerprint density at radius 2 is 2.06 bits per heavy atom. The molecule has 0 unspecified atom stereocenters. The van der Waals surface area contributed by atoms with Gasteiger partial charge in [-0.15, -0.1) is 0 Å². The Bertz CT molecular complexity index is 402. The maximum absolute atomic E-state index is 11.1. The topological polar surface area (TPSA) is 64.4 Å². The van der Waals surface area contributed by atoms with Gasteiger partial charge in [-0.05, 0) is 27.0 Å². The van der Waals surface area contributed by atoms with E-state index in [1.165, 1.54) is 7.11 Å². The number of nitrogens with zero attached hydrogens (tertiary/aromatic N) is 1. The smallest absolute Gasteiger partial charge is 0.315 e. The largest absolute Gasteiger partial charge is 0.490 e. The third-order valence-corrected chi connectivity index (χ3v) is 2.70. The lowest BCUT2D eigenvalue weighted by atomic mass is 9.92. The number of methoxy groups -OCH3 is 1. The monoisotopic (exact) mass is 224 g/mol. The number of nitro benzene ring substituents is 1.